The molecule has 1 atom stereocenters. The van der Waals surface area contributed by atoms with Gasteiger partial charge in [-0.25, -0.2) is 4.39 Å². The summed E-state index contributed by atoms with van der Waals surface area (Å²) in [5.41, 5.74) is -1.22. The van der Waals surface area contributed by atoms with E-state index in [2.05, 4.69) is 5.32 Å². The van der Waals surface area contributed by atoms with E-state index in [1.165, 1.54) is 12.1 Å². The number of piperazine rings is 1. The van der Waals surface area contributed by atoms with Gasteiger partial charge >= 0.3 is 6.18 Å². The molecular weight excluding hydrogens is 336 g/mol. The topological polar surface area (TPSA) is 35.5 Å². The number of rotatable bonds is 5. The van der Waals surface area contributed by atoms with Crippen LogP contribution in [-0.4, -0.2) is 42.8 Å². The summed E-state index contributed by atoms with van der Waals surface area (Å²) in [6.07, 6.45) is -3.99. The number of alkyl halides is 3. The van der Waals surface area contributed by atoms with Crippen LogP contribution in [0.3, 0.4) is 0 Å². The smallest absolute Gasteiger partial charge is 0.396 e. The van der Waals surface area contributed by atoms with Crippen molar-refractivity contribution in [3.63, 3.8) is 0 Å². The number of benzene rings is 1. The zero-order valence-corrected chi connectivity index (χ0v) is 13.4. The Morgan fingerprint density at radius 2 is 1.87 bits per heavy atom. The first kappa shape index (κ1) is 20.2. The van der Waals surface area contributed by atoms with Crippen LogP contribution in [0.25, 0.3) is 0 Å². The molecule has 0 unspecified atom stereocenters. The lowest BCUT2D eigenvalue weighted by Crippen LogP contribution is -2.45. The van der Waals surface area contributed by atoms with Crippen LogP contribution in [-0.2, 0) is 6.18 Å². The molecule has 0 aromatic heterocycles. The SMILES string of the molecule is Cl.OCCC[C@@H](c1cccc(F)c1C(F)(F)F)N1CCNCC1. The first-order chi connectivity index (χ1) is 10.4. The molecule has 0 aliphatic carbocycles. The van der Waals surface area contributed by atoms with E-state index >= 15 is 0 Å². The van der Waals surface area contributed by atoms with E-state index in [0.717, 1.165) is 6.07 Å². The molecule has 3 nitrogen and oxygen atoms in total. The Morgan fingerprint density at radius 1 is 1.22 bits per heavy atom. The van der Waals surface area contributed by atoms with E-state index < -0.39 is 23.6 Å². The number of nitrogens with zero attached hydrogens (tertiary/aromatic N) is 1. The zero-order chi connectivity index (χ0) is 16.2. The van der Waals surface area contributed by atoms with Crippen LogP contribution >= 0.6 is 12.4 Å². The molecule has 1 aliphatic rings. The molecule has 8 heteroatoms. The molecule has 1 aromatic carbocycles. The van der Waals surface area contributed by atoms with Crippen LogP contribution in [0.4, 0.5) is 17.6 Å². The normalized spacial score (nSPS) is 17.6. The van der Waals surface area contributed by atoms with Gasteiger partial charge in [0.05, 0.1) is 5.56 Å². The Labute approximate surface area is 139 Å². The highest BCUT2D eigenvalue weighted by Gasteiger charge is 2.39. The van der Waals surface area contributed by atoms with Crippen molar-refractivity contribution < 1.29 is 22.7 Å². The quantitative estimate of drug-likeness (QED) is 0.796. The Bertz CT molecular complexity index is 493. The first-order valence-electron chi connectivity index (χ1n) is 7.36. The number of nitrogens with one attached hydrogen (secondary N) is 1. The highest BCUT2D eigenvalue weighted by atomic mass is 35.5. The average molecular weight is 357 g/mol. The Hall–Kier alpha value is -0.890. The number of aliphatic hydroxyl groups is 1. The van der Waals surface area contributed by atoms with Gasteiger partial charge in [-0.15, -0.1) is 12.4 Å². The van der Waals surface area contributed by atoms with Crippen molar-refractivity contribution in [2.75, 3.05) is 32.8 Å². The van der Waals surface area contributed by atoms with Crippen molar-refractivity contribution >= 4 is 12.4 Å². The average Bonchev–Trinajstić information content (AvgIpc) is 2.47. The number of hydrogen-bond acceptors (Lipinski definition) is 3. The third-order valence-electron chi connectivity index (χ3n) is 3.92. The van der Waals surface area contributed by atoms with Crippen molar-refractivity contribution in [3.8, 4) is 0 Å². The van der Waals surface area contributed by atoms with Gasteiger partial charge in [-0.05, 0) is 24.5 Å². The minimum absolute atomic E-state index is 0. The first-order valence-corrected chi connectivity index (χ1v) is 7.36. The van der Waals surface area contributed by atoms with E-state index in [9.17, 15) is 17.6 Å². The van der Waals surface area contributed by atoms with Crippen molar-refractivity contribution in [3.05, 3.63) is 35.1 Å². The molecular formula is C15H21ClF4N2O. The lowest BCUT2D eigenvalue weighted by Gasteiger charge is -2.36. The summed E-state index contributed by atoms with van der Waals surface area (Å²) in [5, 5.41) is 12.2. The van der Waals surface area contributed by atoms with Crippen LogP contribution in [0.15, 0.2) is 18.2 Å². The minimum Gasteiger partial charge on any atom is -0.396 e. The predicted molar refractivity (Wildman–Crippen MR) is 82.2 cm³/mol. The fraction of sp³-hybridized carbons (Fsp3) is 0.600. The van der Waals surface area contributed by atoms with Crippen molar-refractivity contribution in [1.82, 2.24) is 10.2 Å². The fourth-order valence-electron chi connectivity index (χ4n) is 2.93. The van der Waals surface area contributed by atoms with Crippen LogP contribution in [0.2, 0.25) is 0 Å². The maximum atomic E-state index is 13.8. The molecule has 0 amide bonds. The van der Waals surface area contributed by atoms with E-state index in [-0.39, 0.29) is 24.6 Å². The molecule has 1 saturated heterocycles. The second kappa shape index (κ2) is 8.82. The molecule has 0 saturated carbocycles. The zero-order valence-electron chi connectivity index (χ0n) is 12.6. The standard InChI is InChI=1S/C15H20F4N2O.ClH/c16-12-4-1-3-11(14(12)15(17,18)19)13(5-2-10-22)21-8-6-20-7-9-21;/h1,3-4,13,20,22H,2,5-10H2;1H/t13-;/m0./s1. The molecule has 0 radical (unpaired) electrons. The number of halogens is 5. The van der Waals surface area contributed by atoms with E-state index in [1.54, 1.807) is 0 Å². The maximum Gasteiger partial charge on any atom is 0.419 e. The molecule has 23 heavy (non-hydrogen) atoms. The summed E-state index contributed by atoms with van der Waals surface area (Å²) < 4.78 is 53.5. The molecule has 0 spiro atoms. The van der Waals surface area contributed by atoms with Crippen LogP contribution in [0.5, 0.6) is 0 Å². The summed E-state index contributed by atoms with van der Waals surface area (Å²) in [6.45, 7) is 2.48. The molecule has 2 N–H and O–H groups in total. The Balaban J connectivity index is 0.00000264. The summed E-state index contributed by atoms with van der Waals surface area (Å²) in [7, 11) is 0. The molecule has 2 rings (SSSR count). The molecule has 1 heterocycles. The van der Waals surface area contributed by atoms with Gasteiger partial charge in [-0.3, -0.25) is 4.90 Å². The van der Waals surface area contributed by atoms with Gasteiger partial charge < -0.3 is 10.4 Å². The van der Waals surface area contributed by atoms with Gasteiger partial charge in [-0.2, -0.15) is 13.2 Å². The molecule has 1 aliphatic heterocycles. The van der Waals surface area contributed by atoms with Gasteiger partial charge in [-0.1, -0.05) is 12.1 Å². The largest absolute Gasteiger partial charge is 0.419 e. The maximum absolute atomic E-state index is 13.8. The third-order valence-corrected chi connectivity index (χ3v) is 3.92. The van der Waals surface area contributed by atoms with Crippen molar-refractivity contribution in [1.29, 1.82) is 0 Å². The number of hydrogen-bond donors (Lipinski definition) is 2. The van der Waals surface area contributed by atoms with E-state index in [0.29, 0.717) is 39.0 Å². The predicted octanol–water partition coefficient (Wildman–Crippen LogP) is 2.99. The summed E-state index contributed by atoms with van der Waals surface area (Å²) >= 11 is 0. The highest BCUT2D eigenvalue weighted by molar-refractivity contribution is 5.85. The molecule has 132 valence electrons. The van der Waals surface area contributed by atoms with E-state index in [4.69, 9.17) is 5.11 Å². The minimum atomic E-state index is -4.73. The van der Waals surface area contributed by atoms with Crippen LogP contribution in [0.1, 0.15) is 30.0 Å². The lowest BCUT2D eigenvalue weighted by molar-refractivity contribution is -0.141. The fourth-order valence-corrected chi connectivity index (χ4v) is 2.93. The van der Waals surface area contributed by atoms with Crippen molar-refractivity contribution in [2.45, 2.75) is 25.1 Å². The summed E-state index contributed by atoms with van der Waals surface area (Å²) in [6, 6.07) is 2.96. The van der Waals surface area contributed by atoms with Gasteiger partial charge in [0, 0.05) is 38.8 Å². The second-order valence-electron chi connectivity index (χ2n) is 5.37. The Kier molecular flexibility index (Phi) is 7.73. The summed E-state index contributed by atoms with van der Waals surface area (Å²) in [4.78, 5) is 1.93. The monoisotopic (exact) mass is 356 g/mol. The van der Waals surface area contributed by atoms with E-state index in [1.807, 2.05) is 4.90 Å². The third kappa shape index (κ3) is 5.04. The van der Waals surface area contributed by atoms with Gasteiger partial charge in [0.15, 0.2) is 0 Å². The van der Waals surface area contributed by atoms with Gasteiger partial charge in [0.2, 0.25) is 0 Å². The lowest BCUT2D eigenvalue weighted by atomic mass is 9.94. The van der Waals surface area contributed by atoms with Gasteiger partial charge in [0.1, 0.15) is 5.82 Å². The molecule has 1 fully saturated rings. The highest BCUT2D eigenvalue weighted by Crippen LogP contribution is 2.39. The van der Waals surface area contributed by atoms with Crippen LogP contribution < -0.4 is 5.32 Å². The van der Waals surface area contributed by atoms with Crippen LogP contribution in [0, 0.1) is 5.82 Å². The molecule has 0 bridgehead atoms. The summed E-state index contributed by atoms with van der Waals surface area (Å²) in [5.74, 6) is -1.24. The molecule has 1 aromatic rings. The Morgan fingerprint density at radius 3 is 2.43 bits per heavy atom. The second-order valence-corrected chi connectivity index (χ2v) is 5.37. The van der Waals surface area contributed by atoms with Crippen molar-refractivity contribution in [2.24, 2.45) is 0 Å². The van der Waals surface area contributed by atoms with Gasteiger partial charge in [0.25, 0.3) is 0 Å². The number of aliphatic hydroxyl groups excluding tert-OH is 1.